The number of nitrogens with one attached hydrogen (secondary N) is 1. The molecule has 6 heteroatoms. The van der Waals surface area contributed by atoms with Crippen LogP contribution in [0.1, 0.15) is 30.8 Å². The zero-order chi connectivity index (χ0) is 17.1. The predicted octanol–water partition coefficient (Wildman–Crippen LogP) is 2.20. The van der Waals surface area contributed by atoms with Gasteiger partial charge in [0, 0.05) is 37.1 Å². The van der Waals surface area contributed by atoms with Crippen molar-refractivity contribution in [3.8, 4) is 0 Å². The monoisotopic (exact) mass is 326 g/mol. The van der Waals surface area contributed by atoms with E-state index in [0.717, 1.165) is 22.9 Å². The molecule has 126 valence electrons. The van der Waals surface area contributed by atoms with E-state index in [1.54, 1.807) is 4.90 Å². The van der Waals surface area contributed by atoms with Crippen LogP contribution in [-0.2, 0) is 4.79 Å². The molecule has 0 aliphatic carbocycles. The summed E-state index contributed by atoms with van der Waals surface area (Å²) in [6, 6.07) is 7.60. The molecule has 0 saturated carbocycles. The number of hydrogen-bond acceptors (Lipinski definition) is 3. The summed E-state index contributed by atoms with van der Waals surface area (Å²) in [6.45, 7) is 6.04. The Morgan fingerprint density at radius 1 is 1.17 bits per heavy atom. The highest BCUT2D eigenvalue weighted by molar-refractivity contribution is 6.04. The fourth-order valence-electron chi connectivity index (χ4n) is 3.03. The minimum atomic E-state index is -0.0830. The number of H-pyrrole nitrogens is 1. The second-order valence-electron chi connectivity index (χ2n) is 6.00. The van der Waals surface area contributed by atoms with Gasteiger partial charge in [-0.3, -0.25) is 14.7 Å². The first kappa shape index (κ1) is 16.2. The number of aromatic amines is 1. The largest absolute Gasteiger partial charge is 0.335 e. The molecule has 2 heterocycles. The molecule has 2 aromatic rings. The molecule has 1 aromatic heterocycles. The van der Waals surface area contributed by atoms with Gasteiger partial charge in [-0.05, 0) is 19.4 Å². The first-order valence-corrected chi connectivity index (χ1v) is 8.30. The van der Waals surface area contributed by atoms with E-state index in [9.17, 15) is 9.59 Å². The second kappa shape index (κ2) is 6.86. The lowest BCUT2D eigenvalue weighted by atomic mass is 10.1. The molecule has 0 bridgehead atoms. The first-order valence-electron chi connectivity index (χ1n) is 8.30. The zero-order valence-corrected chi connectivity index (χ0v) is 14.1. The van der Waals surface area contributed by atoms with Gasteiger partial charge in [-0.25, -0.2) is 0 Å². The second-order valence-corrected chi connectivity index (χ2v) is 6.00. The Morgan fingerprint density at radius 2 is 1.83 bits per heavy atom. The van der Waals surface area contributed by atoms with E-state index >= 15 is 0 Å². The third kappa shape index (κ3) is 3.04. The number of carbonyl (C=O) groups excluding carboxylic acids is 2. The number of nitrogens with zero attached hydrogens (tertiary/aromatic N) is 3. The molecule has 24 heavy (non-hydrogen) atoms. The standard InChI is InChI=1S/C18H22N4O2/c1-3-6-13(2)17(23)21-9-11-22(12-10-21)18(24)16-14-7-4-5-8-15(14)19-20-16/h4-8H,3,9-12H2,1-2H3,(H,19,20)/b13-6+. The van der Waals surface area contributed by atoms with Gasteiger partial charge in [0.05, 0.1) is 5.52 Å². The number of hydrogen-bond donors (Lipinski definition) is 1. The summed E-state index contributed by atoms with van der Waals surface area (Å²) in [6.07, 6.45) is 2.79. The lowest BCUT2D eigenvalue weighted by Gasteiger charge is -2.34. The number of rotatable bonds is 3. The van der Waals surface area contributed by atoms with Gasteiger partial charge in [-0.15, -0.1) is 0 Å². The summed E-state index contributed by atoms with van der Waals surface area (Å²) >= 11 is 0. The van der Waals surface area contributed by atoms with Crippen LogP contribution in [0.3, 0.4) is 0 Å². The molecule has 2 amide bonds. The van der Waals surface area contributed by atoms with E-state index < -0.39 is 0 Å². The topological polar surface area (TPSA) is 69.3 Å². The van der Waals surface area contributed by atoms with Crippen LogP contribution >= 0.6 is 0 Å². The van der Waals surface area contributed by atoms with Crippen LogP contribution in [-0.4, -0.2) is 58.0 Å². The first-order chi connectivity index (χ1) is 11.6. The summed E-state index contributed by atoms with van der Waals surface area (Å²) in [5.41, 5.74) is 2.08. The van der Waals surface area contributed by atoms with Gasteiger partial charge in [-0.1, -0.05) is 31.2 Å². The Kier molecular flexibility index (Phi) is 4.64. The van der Waals surface area contributed by atoms with Crippen molar-refractivity contribution in [2.24, 2.45) is 0 Å². The van der Waals surface area contributed by atoms with E-state index in [1.807, 2.05) is 49.1 Å². The fourth-order valence-corrected chi connectivity index (χ4v) is 3.03. The van der Waals surface area contributed by atoms with Gasteiger partial charge in [0.1, 0.15) is 0 Å². The normalized spacial score (nSPS) is 15.8. The Bertz CT molecular complexity index is 785. The third-order valence-corrected chi connectivity index (χ3v) is 4.37. The molecule has 1 aliphatic rings. The van der Waals surface area contributed by atoms with Crippen molar-refractivity contribution < 1.29 is 9.59 Å². The maximum Gasteiger partial charge on any atom is 0.275 e. The van der Waals surface area contributed by atoms with Crippen LogP contribution in [0.2, 0.25) is 0 Å². The highest BCUT2D eigenvalue weighted by atomic mass is 16.2. The van der Waals surface area contributed by atoms with Gasteiger partial charge in [0.25, 0.3) is 5.91 Å². The summed E-state index contributed by atoms with van der Waals surface area (Å²) in [7, 11) is 0. The third-order valence-electron chi connectivity index (χ3n) is 4.37. The minimum Gasteiger partial charge on any atom is -0.335 e. The van der Waals surface area contributed by atoms with E-state index in [4.69, 9.17) is 0 Å². The Morgan fingerprint density at radius 3 is 2.54 bits per heavy atom. The molecule has 0 spiro atoms. The molecule has 3 rings (SSSR count). The summed E-state index contributed by atoms with van der Waals surface area (Å²) in [5, 5.41) is 7.90. The molecular weight excluding hydrogens is 304 g/mol. The van der Waals surface area contributed by atoms with Crippen molar-refractivity contribution in [2.45, 2.75) is 20.3 Å². The van der Waals surface area contributed by atoms with Crippen molar-refractivity contribution in [1.29, 1.82) is 0 Å². The number of amides is 2. The van der Waals surface area contributed by atoms with Gasteiger partial charge < -0.3 is 9.80 Å². The van der Waals surface area contributed by atoms with E-state index in [-0.39, 0.29) is 11.8 Å². The van der Waals surface area contributed by atoms with Crippen molar-refractivity contribution >= 4 is 22.7 Å². The van der Waals surface area contributed by atoms with Gasteiger partial charge in [-0.2, -0.15) is 5.10 Å². The smallest absolute Gasteiger partial charge is 0.275 e. The number of fused-ring (bicyclic) bond motifs is 1. The van der Waals surface area contributed by atoms with Crippen molar-refractivity contribution in [1.82, 2.24) is 20.0 Å². The van der Waals surface area contributed by atoms with Gasteiger partial charge >= 0.3 is 0 Å². The van der Waals surface area contributed by atoms with E-state index in [1.165, 1.54) is 0 Å². The highest BCUT2D eigenvalue weighted by Crippen LogP contribution is 2.18. The molecule has 1 saturated heterocycles. The predicted molar refractivity (Wildman–Crippen MR) is 92.6 cm³/mol. The number of piperazine rings is 1. The lowest BCUT2D eigenvalue weighted by molar-refractivity contribution is -0.128. The molecule has 0 unspecified atom stereocenters. The lowest BCUT2D eigenvalue weighted by Crippen LogP contribution is -2.50. The van der Waals surface area contributed by atoms with Gasteiger partial charge in [0.15, 0.2) is 5.69 Å². The maximum atomic E-state index is 12.7. The number of benzene rings is 1. The quantitative estimate of drug-likeness (QED) is 0.879. The Balaban J connectivity index is 1.67. The molecule has 0 radical (unpaired) electrons. The number of para-hydroxylation sites is 1. The van der Waals surface area contributed by atoms with Crippen molar-refractivity contribution in [2.75, 3.05) is 26.2 Å². The van der Waals surface area contributed by atoms with Crippen LogP contribution in [0.25, 0.3) is 10.9 Å². The molecule has 0 atom stereocenters. The average Bonchev–Trinajstić information content (AvgIpc) is 3.05. The van der Waals surface area contributed by atoms with Crippen LogP contribution in [0.15, 0.2) is 35.9 Å². The molecule has 1 fully saturated rings. The number of aromatic nitrogens is 2. The zero-order valence-electron chi connectivity index (χ0n) is 14.1. The molecule has 1 aliphatic heterocycles. The van der Waals surface area contributed by atoms with Crippen molar-refractivity contribution in [3.63, 3.8) is 0 Å². The molecule has 1 aromatic carbocycles. The fraction of sp³-hybridized carbons (Fsp3) is 0.389. The molecule has 1 N–H and O–H groups in total. The van der Waals surface area contributed by atoms with Crippen molar-refractivity contribution in [3.05, 3.63) is 41.6 Å². The highest BCUT2D eigenvalue weighted by Gasteiger charge is 2.27. The SMILES string of the molecule is CC/C=C(\C)C(=O)N1CCN(C(=O)c2n[nH]c3ccccc23)CC1. The van der Waals surface area contributed by atoms with Gasteiger partial charge in [0.2, 0.25) is 5.91 Å². The summed E-state index contributed by atoms with van der Waals surface area (Å²) in [5.74, 6) is -0.0189. The Hall–Kier alpha value is -2.63. The maximum absolute atomic E-state index is 12.7. The van der Waals surface area contributed by atoms with Crippen LogP contribution in [0.4, 0.5) is 0 Å². The van der Waals surface area contributed by atoms with E-state index in [0.29, 0.717) is 31.9 Å². The van der Waals surface area contributed by atoms with Crippen LogP contribution in [0.5, 0.6) is 0 Å². The summed E-state index contributed by atoms with van der Waals surface area (Å²) < 4.78 is 0. The van der Waals surface area contributed by atoms with Crippen LogP contribution in [0, 0.1) is 0 Å². The average molecular weight is 326 g/mol. The molecular formula is C18H22N4O2. The molecule has 6 nitrogen and oxygen atoms in total. The summed E-state index contributed by atoms with van der Waals surface area (Å²) in [4.78, 5) is 28.6. The van der Waals surface area contributed by atoms with E-state index in [2.05, 4.69) is 10.2 Å². The number of carbonyl (C=O) groups is 2. The minimum absolute atomic E-state index is 0.0640. The Labute approximate surface area is 141 Å². The number of allylic oxidation sites excluding steroid dienone is 1. The van der Waals surface area contributed by atoms with Crippen LogP contribution < -0.4 is 0 Å².